The zero-order chi connectivity index (χ0) is 37.8. The van der Waals surface area contributed by atoms with Crippen LogP contribution >= 0.6 is 0 Å². The van der Waals surface area contributed by atoms with Gasteiger partial charge in [0.2, 0.25) is 0 Å². The van der Waals surface area contributed by atoms with Crippen molar-refractivity contribution >= 4 is 31.5 Å². The van der Waals surface area contributed by atoms with Crippen LogP contribution in [0, 0.1) is 29.6 Å². The number of hydrogen-bond donors (Lipinski definition) is 1. The summed E-state index contributed by atoms with van der Waals surface area (Å²) in [5, 5.41) is 0.887. The molecule has 9 heteroatoms. The molecule has 0 aliphatic heterocycles. The van der Waals surface area contributed by atoms with E-state index in [1.807, 2.05) is 24.3 Å². The Kier molecular flexibility index (Phi) is 16.9. The van der Waals surface area contributed by atoms with Gasteiger partial charge in [-0.25, -0.2) is 9.59 Å². The van der Waals surface area contributed by atoms with Gasteiger partial charge in [0.15, 0.2) is 8.32 Å². The molecule has 0 aliphatic rings. The number of primary amides is 1. The number of methoxy groups -OCH3 is 1. The SMILES string of the molecule is CCC=CC(C)[C@H](OC(N)=O)[C@@H](C)[C@H](O[Si](C)(C)C(C)(C)C)[C@@H](C)CC(C)=C[C@H](C)[C@@H](OCOC)C(C)C=Cc1ccc2ccc(=O)oc2c1. The highest BCUT2D eigenvalue weighted by atomic mass is 28.4. The maximum Gasteiger partial charge on any atom is 0.404 e. The smallest absolute Gasteiger partial charge is 0.404 e. The summed E-state index contributed by atoms with van der Waals surface area (Å²) in [6, 6.07) is 9.03. The van der Waals surface area contributed by atoms with Crippen LogP contribution in [-0.2, 0) is 18.6 Å². The van der Waals surface area contributed by atoms with Gasteiger partial charge in [0.25, 0.3) is 0 Å². The summed E-state index contributed by atoms with van der Waals surface area (Å²) in [4.78, 5) is 23.8. The number of rotatable bonds is 19. The van der Waals surface area contributed by atoms with Crippen molar-refractivity contribution in [3.63, 3.8) is 0 Å². The van der Waals surface area contributed by atoms with Crippen molar-refractivity contribution in [3.8, 4) is 0 Å². The van der Waals surface area contributed by atoms with Gasteiger partial charge in [0.05, 0.1) is 12.2 Å². The molecule has 8 atom stereocenters. The lowest BCUT2D eigenvalue weighted by atomic mass is 9.81. The van der Waals surface area contributed by atoms with E-state index in [4.69, 9.17) is 28.8 Å². The van der Waals surface area contributed by atoms with Crippen LogP contribution in [0.1, 0.15) is 87.6 Å². The van der Waals surface area contributed by atoms with E-state index in [0.717, 1.165) is 23.8 Å². The number of benzene rings is 1. The molecule has 8 nitrogen and oxygen atoms in total. The topological polar surface area (TPSA) is 110 Å². The van der Waals surface area contributed by atoms with Gasteiger partial charge in [0.1, 0.15) is 18.5 Å². The van der Waals surface area contributed by atoms with Crippen molar-refractivity contribution in [1.82, 2.24) is 0 Å². The molecule has 0 radical (unpaired) electrons. The van der Waals surface area contributed by atoms with Gasteiger partial charge in [-0.05, 0) is 61.5 Å². The number of hydrogen-bond acceptors (Lipinski definition) is 7. The summed E-state index contributed by atoms with van der Waals surface area (Å²) in [5.74, 6) is 0.147. The third-order valence-corrected chi connectivity index (χ3v) is 14.6. The zero-order valence-corrected chi connectivity index (χ0v) is 33.9. The summed E-state index contributed by atoms with van der Waals surface area (Å²) >= 11 is 0. The molecule has 1 amide bonds. The molecule has 280 valence electrons. The molecule has 0 saturated heterocycles. The Bertz CT molecular complexity index is 1500. The molecule has 50 heavy (non-hydrogen) atoms. The van der Waals surface area contributed by atoms with E-state index in [9.17, 15) is 9.59 Å². The molecule has 2 unspecified atom stereocenters. The molecule has 2 rings (SSSR count). The fourth-order valence-electron chi connectivity index (χ4n) is 6.45. The Hall–Kier alpha value is -2.98. The minimum absolute atomic E-state index is 0.00796. The minimum Gasteiger partial charge on any atom is -0.445 e. The quantitative estimate of drug-likeness (QED) is 0.0668. The normalized spacial score (nSPS) is 18.1. The molecule has 2 N–H and O–H groups in total. The lowest BCUT2D eigenvalue weighted by Crippen LogP contribution is -2.50. The summed E-state index contributed by atoms with van der Waals surface area (Å²) in [6.45, 7) is 26.5. The lowest BCUT2D eigenvalue weighted by molar-refractivity contribution is -0.0947. The molecule has 2 aromatic rings. The summed E-state index contributed by atoms with van der Waals surface area (Å²) in [7, 11) is -0.567. The highest BCUT2D eigenvalue weighted by Crippen LogP contribution is 2.41. The monoisotopic (exact) mass is 711 g/mol. The average Bonchev–Trinajstić information content (AvgIpc) is 3.02. The van der Waals surface area contributed by atoms with E-state index >= 15 is 0 Å². The van der Waals surface area contributed by atoms with Gasteiger partial charge in [-0.2, -0.15) is 0 Å². The van der Waals surface area contributed by atoms with Gasteiger partial charge in [-0.1, -0.05) is 110 Å². The van der Waals surface area contributed by atoms with E-state index in [-0.39, 0.29) is 59.3 Å². The fraction of sp³-hybridized carbons (Fsp3) is 0.610. The molecular weight excluding hydrogens is 647 g/mol. The van der Waals surface area contributed by atoms with E-state index in [2.05, 4.69) is 107 Å². The van der Waals surface area contributed by atoms with Crippen LogP contribution < -0.4 is 11.4 Å². The number of allylic oxidation sites excluding steroid dienone is 2. The molecular formula is C41H65NO7Si. The van der Waals surface area contributed by atoms with Crippen LogP contribution in [0.5, 0.6) is 0 Å². The van der Waals surface area contributed by atoms with Crippen molar-refractivity contribution in [2.24, 2.45) is 35.3 Å². The maximum atomic E-state index is 12.1. The predicted octanol–water partition coefficient (Wildman–Crippen LogP) is 10.1. The molecule has 0 aliphatic carbocycles. The molecule has 1 heterocycles. The summed E-state index contributed by atoms with van der Waals surface area (Å²) in [5.41, 5.74) is 7.98. The lowest BCUT2D eigenvalue weighted by Gasteiger charge is -2.44. The van der Waals surface area contributed by atoms with Crippen molar-refractivity contribution in [2.45, 2.75) is 119 Å². The molecule has 0 saturated carbocycles. The molecule has 0 fully saturated rings. The molecule has 1 aromatic carbocycles. The Labute approximate surface area is 302 Å². The van der Waals surface area contributed by atoms with Gasteiger partial charge < -0.3 is 28.8 Å². The first-order valence-corrected chi connectivity index (χ1v) is 21.0. The largest absolute Gasteiger partial charge is 0.445 e. The van der Waals surface area contributed by atoms with Crippen molar-refractivity contribution in [3.05, 3.63) is 76.2 Å². The molecule has 0 bridgehead atoms. The third-order valence-electron chi connectivity index (χ3n) is 10.1. The molecule has 0 spiro atoms. The van der Waals surface area contributed by atoms with Crippen LogP contribution in [0.25, 0.3) is 17.0 Å². The van der Waals surface area contributed by atoms with E-state index < -0.39 is 20.5 Å². The number of amides is 1. The number of carbonyl (C=O) groups is 1. The number of ether oxygens (including phenoxy) is 3. The maximum absolute atomic E-state index is 12.1. The Morgan fingerprint density at radius 2 is 1.60 bits per heavy atom. The number of fused-ring (bicyclic) bond motifs is 1. The van der Waals surface area contributed by atoms with Crippen LogP contribution in [0.2, 0.25) is 18.1 Å². The van der Waals surface area contributed by atoms with E-state index in [1.165, 1.54) is 11.6 Å². The summed E-state index contributed by atoms with van der Waals surface area (Å²) in [6.07, 6.45) is 10.9. The van der Waals surface area contributed by atoms with Gasteiger partial charge in [0, 0.05) is 42.2 Å². The second-order valence-corrected chi connectivity index (χ2v) is 20.4. The standard InChI is InChI=1S/C41H65NO7Si/c1-14-15-16-28(3)38(48-40(42)44)32(7)39(49-50(12,13)41(8,9)10)31(6)24-27(2)23-30(5)37(46-26-45-11)29(4)17-18-33-19-20-34-21-22-36(43)47-35(34)25-33/h15-23,25,28-32,37-39H,14,24,26H2,1-13H3,(H2,42,44)/t28?,29?,30-,31-,32+,37-,38-,39+/m0/s1. The summed E-state index contributed by atoms with van der Waals surface area (Å²) < 4.78 is 29.9. The number of nitrogens with two attached hydrogens (primary N) is 1. The fourth-order valence-corrected chi connectivity index (χ4v) is 7.93. The van der Waals surface area contributed by atoms with Gasteiger partial charge in [-0.15, -0.1) is 0 Å². The first-order chi connectivity index (χ1) is 23.3. The van der Waals surface area contributed by atoms with Crippen LogP contribution in [-0.4, -0.2) is 46.6 Å². The van der Waals surface area contributed by atoms with Crippen LogP contribution in [0.4, 0.5) is 4.79 Å². The van der Waals surface area contributed by atoms with Gasteiger partial charge >= 0.3 is 11.7 Å². The van der Waals surface area contributed by atoms with E-state index in [1.54, 1.807) is 13.2 Å². The van der Waals surface area contributed by atoms with Crippen LogP contribution in [0.3, 0.4) is 0 Å². The Morgan fingerprint density at radius 1 is 0.960 bits per heavy atom. The highest BCUT2D eigenvalue weighted by Gasteiger charge is 2.44. The van der Waals surface area contributed by atoms with Crippen molar-refractivity contribution in [2.75, 3.05) is 13.9 Å². The predicted molar refractivity (Wildman–Crippen MR) is 208 cm³/mol. The first-order valence-electron chi connectivity index (χ1n) is 18.1. The highest BCUT2D eigenvalue weighted by molar-refractivity contribution is 6.74. The van der Waals surface area contributed by atoms with Crippen molar-refractivity contribution in [1.29, 1.82) is 0 Å². The van der Waals surface area contributed by atoms with Gasteiger partial charge in [-0.3, -0.25) is 0 Å². The Balaban J connectivity index is 2.37. The van der Waals surface area contributed by atoms with Crippen molar-refractivity contribution < 1.29 is 27.8 Å². The van der Waals surface area contributed by atoms with Crippen LogP contribution in [0.15, 0.2) is 69.4 Å². The first kappa shape index (κ1) is 43.2. The zero-order valence-electron chi connectivity index (χ0n) is 32.9. The number of carbonyl (C=O) groups excluding carboxylic acids is 1. The Morgan fingerprint density at radius 3 is 2.20 bits per heavy atom. The third kappa shape index (κ3) is 13.0. The van der Waals surface area contributed by atoms with E-state index in [0.29, 0.717) is 5.58 Å². The molecule has 1 aromatic heterocycles. The second-order valence-electron chi connectivity index (χ2n) is 15.7. The average molecular weight is 712 g/mol. The minimum atomic E-state index is -2.20. The second kappa shape index (κ2) is 19.6.